The minimum atomic E-state index is -5.08. The lowest BCUT2D eigenvalue weighted by atomic mass is 9.43. The zero-order valence-electron chi connectivity index (χ0n) is 16.0. The molecule has 0 radical (unpaired) electrons. The van der Waals surface area contributed by atoms with Gasteiger partial charge >= 0.3 is 19.3 Å². The number of alkyl halides is 3. The molecule has 0 aromatic heterocycles. The highest BCUT2D eigenvalue weighted by atomic mass is 19.4. The van der Waals surface area contributed by atoms with Crippen molar-refractivity contribution in [3.8, 4) is 0 Å². The van der Waals surface area contributed by atoms with E-state index in [1.54, 1.807) is 0 Å². The Morgan fingerprint density at radius 2 is 1.85 bits per heavy atom. The third kappa shape index (κ3) is 3.89. The molecule has 4 fully saturated rings. The van der Waals surface area contributed by atoms with Crippen LogP contribution in [0.1, 0.15) is 53.9 Å². The van der Waals surface area contributed by atoms with Crippen LogP contribution in [0.15, 0.2) is 0 Å². The van der Waals surface area contributed by atoms with Gasteiger partial charge in [-0.2, -0.15) is 13.2 Å². The molecule has 2 bridgehead atoms. The quantitative estimate of drug-likeness (QED) is 0.736. The van der Waals surface area contributed by atoms with Crippen molar-refractivity contribution in [2.75, 3.05) is 0 Å². The lowest BCUT2D eigenvalue weighted by Gasteiger charge is -2.64. The van der Waals surface area contributed by atoms with Gasteiger partial charge < -0.3 is 20.1 Å². The highest BCUT2D eigenvalue weighted by molar-refractivity contribution is 6.47. The molecule has 3 aliphatic carbocycles. The van der Waals surface area contributed by atoms with Crippen LogP contribution in [0.2, 0.25) is 0 Å². The Balaban J connectivity index is 0.000000298. The molecule has 9 heteroatoms. The van der Waals surface area contributed by atoms with Crippen LogP contribution in [-0.4, -0.2) is 42.0 Å². The van der Waals surface area contributed by atoms with Crippen LogP contribution in [0, 0.1) is 23.2 Å². The molecule has 4 aliphatic rings. The van der Waals surface area contributed by atoms with Gasteiger partial charge in [0.2, 0.25) is 0 Å². The molecule has 3 N–H and O–H groups in total. The topological polar surface area (TPSA) is 81.8 Å². The maximum atomic E-state index is 10.6. The van der Waals surface area contributed by atoms with Gasteiger partial charge in [0.1, 0.15) is 0 Å². The fourth-order valence-corrected chi connectivity index (χ4v) is 4.74. The first-order valence-electron chi connectivity index (χ1n) is 9.08. The second kappa shape index (κ2) is 6.98. The molecule has 3 saturated carbocycles. The Kier molecular flexibility index (Phi) is 5.77. The summed E-state index contributed by atoms with van der Waals surface area (Å²) >= 11 is 0. The first-order valence-corrected chi connectivity index (χ1v) is 9.08. The molecular formula is C17H29BF3NO4. The van der Waals surface area contributed by atoms with Crippen molar-refractivity contribution in [1.82, 2.24) is 0 Å². The van der Waals surface area contributed by atoms with E-state index in [1.165, 1.54) is 6.42 Å². The number of aliphatic carboxylic acids is 1. The summed E-state index contributed by atoms with van der Waals surface area (Å²) in [5.74, 6) is -0.739. The summed E-state index contributed by atoms with van der Waals surface area (Å²) in [6.45, 7) is 11.4. The van der Waals surface area contributed by atoms with Gasteiger partial charge in [-0.05, 0) is 49.4 Å². The van der Waals surface area contributed by atoms with Crippen molar-refractivity contribution in [1.29, 1.82) is 0 Å². The average Bonchev–Trinajstić information content (AvgIpc) is 2.83. The highest BCUT2D eigenvalue weighted by Gasteiger charge is 2.68. The summed E-state index contributed by atoms with van der Waals surface area (Å²) in [5.41, 5.74) is 6.56. The largest absolute Gasteiger partial charge is 0.490 e. The molecule has 0 aromatic carbocycles. The van der Waals surface area contributed by atoms with E-state index >= 15 is 0 Å². The normalized spacial score (nSPS) is 35.9. The van der Waals surface area contributed by atoms with Crippen molar-refractivity contribution >= 4 is 13.1 Å². The second-order valence-electron chi connectivity index (χ2n) is 8.93. The van der Waals surface area contributed by atoms with Gasteiger partial charge in [-0.3, -0.25) is 0 Å². The fourth-order valence-electron chi connectivity index (χ4n) is 4.74. The van der Waals surface area contributed by atoms with E-state index in [2.05, 4.69) is 34.6 Å². The Hall–Kier alpha value is -0.795. The van der Waals surface area contributed by atoms with E-state index in [1.807, 2.05) is 0 Å². The molecule has 0 amide bonds. The zero-order chi connectivity index (χ0) is 20.1. The molecule has 1 aliphatic heterocycles. The summed E-state index contributed by atoms with van der Waals surface area (Å²) in [4.78, 5) is 8.90. The molecule has 0 spiro atoms. The summed E-state index contributed by atoms with van der Waals surface area (Å²) in [5, 5.41) is 7.12. The lowest BCUT2D eigenvalue weighted by Crippen LogP contribution is -2.65. The summed E-state index contributed by atoms with van der Waals surface area (Å²) in [7, 11) is -0.201. The van der Waals surface area contributed by atoms with Crippen LogP contribution in [-0.2, 0) is 14.1 Å². The summed E-state index contributed by atoms with van der Waals surface area (Å²) < 4.78 is 44.3. The van der Waals surface area contributed by atoms with E-state index < -0.39 is 12.1 Å². The first-order chi connectivity index (χ1) is 11.7. The number of hydrogen-bond donors (Lipinski definition) is 2. The van der Waals surface area contributed by atoms with E-state index in [4.69, 9.17) is 24.9 Å². The van der Waals surface area contributed by atoms with Gasteiger partial charge in [0.15, 0.2) is 0 Å². The second-order valence-corrected chi connectivity index (χ2v) is 8.93. The van der Waals surface area contributed by atoms with Crippen LogP contribution in [0.25, 0.3) is 0 Å². The standard InChI is InChI=1S/C15H28BNO2.C2HF3O2/c1-9(2)6-13(17)16-18-12-8-10-7-11(14(10,3)4)15(12,5)19-16;3-2(4,5)1(6)7/h9-13H,6-8,17H2,1-5H3;(H,6,7)/t10-,11-,12+,13+,15?;/m0./s1. The van der Waals surface area contributed by atoms with Crippen molar-refractivity contribution < 1.29 is 32.4 Å². The Labute approximate surface area is 152 Å². The molecule has 1 unspecified atom stereocenters. The number of rotatable bonds is 3. The summed E-state index contributed by atoms with van der Waals surface area (Å²) in [6, 6.07) is 0. The number of nitrogens with two attached hydrogens (primary N) is 1. The number of carboxylic acid groups (broad SMARTS) is 1. The molecule has 0 aromatic rings. The van der Waals surface area contributed by atoms with Gasteiger partial charge in [0.05, 0.1) is 11.7 Å². The van der Waals surface area contributed by atoms with Gasteiger partial charge in [0, 0.05) is 5.94 Å². The first kappa shape index (κ1) is 21.5. The van der Waals surface area contributed by atoms with Crippen molar-refractivity contribution in [2.45, 2.75) is 77.7 Å². The summed E-state index contributed by atoms with van der Waals surface area (Å²) in [6.07, 6.45) is -1.42. The van der Waals surface area contributed by atoms with Crippen molar-refractivity contribution in [2.24, 2.45) is 28.9 Å². The van der Waals surface area contributed by atoms with Gasteiger partial charge in [0.25, 0.3) is 0 Å². The van der Waals surface area contributed by atoms with Crippen LogP contribution in [0.5, 0.6) is 0 Å². The Morgan fingerprint density at radius 1 is 1.31 bits per heavy atom. The number of carboxylic acids is 1. The average molecular weight is 379 g/mol. The highest BCUT2D eigenvalue weighted by Crippen LogP contribution is 2.65. The molecule has 5 atom stereocenters. The van der Waals surface area contributed by atoms with E-state index in [9.17, 15) is 13.2 Å². The molecule has 26 heavy (non-hydrogen) atoms. The van der Waals surface area contributed by atoms with Crippen LogP contribution >= 0.6 is 0 Å². The molecule has 150 valence electrons. The lowest BCUT2D eigenvalue weighted by molar-refractivity contribution is -0.199. The van der Waals surface area contributed by atoms with Crippen molar-refractivity contribution in [3.63, 3.8) is 0 Å². The van der Waals surface area contributed by atoms with Crippen molar-refractivity contribution in [3.05, 3.63) is 0 Å². The smallest absolute Gasteiger partial charge is 0.475 e. The van der Waals surface area contributed by atoms with E-state index in [0.717, 1.165) is 18.8 Å². The van der Waals surface area contributed by atoms with Crippen LogP contribution in [0.3, 0.4) is 0 Å². The predicted octanol–water partition coefficient (Wildman–Crippen LogP) is 3.26. The molecular weight excluding hydrogens is 350 g/mol. The fraction of sp³-hybridized carbons (Fsp3) is 0.941. The van der Waals surface area contributed by atoms with E-state index in [-0.39, 0.29) is 24.8 Å². The van der Waals surface area contributed by atoms with Gasteiger partial charge in [-0.25, -0.2) is 4.79 Å². The number of hydrogen-bond acceptors (Lipinski definition) is 4. The van der Waals surface area contributed by atoms with Crippen LogP contribution < -0.4 is 5.73 Å². The molecule has 5 nitrogen and oxygen atoms in total. The minimum absolute atomic E-state index is 0.00253. The third-order valence-corrected chi connectivity index (χ3v) is 6.30. The maximum Gasteiger partial charge on any atom is 0.490 e. The zero-order valence-corrected chi connectivity index (χ0v) is 16.0. The van der Waals surface area contributed by atoms with Crippen LogP contribution in [0.4, 0.5) is 13.2 Å². The SMILES string of the molecule is CC(C)C[C@@H](N)B1O[C@@H]2C[C@@H]3C[C@@H](C3(C)C)C2(C)O1.O=C(O)C(F)(F)F. The minimum Gasteiger partial charge on any atom is -0.475 e. The molecule has 1 heterocycles. The monoisotopic (exact) mass is 379 g/mol. The maximum absolute atomic E-state index is 10.6. The molecule has 1 saturated heterocycles. The Morgan fingerprint density at radius 3 is 2.27 bits per heavy atom. The number of halogens is 3. The van der Waals surface area contributed by atoms with E-state index in [0.29, 0.717) is 17.3 Å². The van der Waals surface area contributed by atoms with Gasteiger partial charge in [-0.1, -0.05) is 27.7 Å². The van der Waals surface area contributed by atoms with Gasteiger partial charge in [-0.15, -0.1) is 0 Å². The Bertz CT molecular complexity index is 543. The third-order valence-electron chi connectivity index (χ3n) is 6.30. The predicted molar refractivity (Wildman–Crippen MR) is 91.2 cm³/mol. The molecule has 4 rings (SSSR count). The number of carbonyl (C=O) groups is 1.